The molecule has 4 nitrogen and oxygen atoms in total. The molecule has 1 amide bonds. The van der Waals surface area contributed by atoms with E-state index in [0.717, 1.165) is 29.0 Å². The lowest BCUT2D eigenvalue weighted by Gasteiger charge is -2.08. The van der Waals surface area contributed by atoms with E-state index in [1.807, 2.05) is 78.9 Å². The number of hydrogen-bond acceptors (Lipinski definition) is 3. The molecular weight excluding hydrogens is 362 g/mol. The largest absolute Gasteiger partial charge is 0.493 e. The van der Waals surface area contributed by atoms with Crippen LogP contribution in [0.5, 0.6) is 11.5 Å². The van der Waals surface area contributed by atoms with Crippen molar-refractivity contribution in [3.05, 3.63) is 96.1 Å². The minimum absolute atomic E-state index is 0.201. The smallest absolute Gasteiger partial charge is 0.248 e. The zero-order valence-electron chi connectivity index (χ0n) is 16.5. The number of ether oxygens (including phenoxy) is 2. The SMILES string of the molecule is CCCOc1ccccc1C=CC(=O)Nc1ccc(OCc2ccccc2)cc1. The Morgan fingerprint density at radius 2 is 1.62 bits per heavy atom. The van der Waals surface area contributed by atoms with Crippen molar-refractivity contribution in [2.45, 2.75) is 20.0 Å². The molecule has 0 radical (unpaired) electrons. The number of carbonyl (C=O) groups excluding carboxylic acids is 1. The molecule has 3 aromatic rings. The van der Waals surface area contributed by atoms with Crippen molar-refractivity contribution in [1.82, 2.24) is 0 Å². The molecule has 3 aromatic carbocycles. The normalized spacial score (nSPS) is 10.7. The van der Waals surface area contributed by atoms with Gasteiger partial charge in [0.1, 0.15) is 18.1 Å². The van der Waals surface area contributed by atoms with Gasteiger partial charge in [0.25, 0.3) is 0 Å². The first-order valence-corrected chi connectivity index (χ1v) is 9.72. The Hall–Kier alpha value is -3.53. The zero-order chi connectivity index (χ0) is 20.3. The molecule has 4 heteroatoms. The molecular formula is C25H25NO3. The van der Waals surface area contributed by atoms with Crippen molar-refractivity contribution in [3.63, 3.8) is 0 Å². The number of para-hydroxylation sites is 1. The second-order valence-corrected chi connectivity index (χ2v) is 6.51. The van der Waals surface area contributed by atoms with Crippen LogP contribution in [-0.2, 0) is 11.4 Å². The van der Waals surface area contributed by atoms with Crippen LogP contribution in [0.25, 0.3) is 6.08 Å². The van der Waals surface area contributed by atoms with Gasteiger partial charge in [0, 0.05) is 17.3 Å². The summed E-state index contributed by atoms with van der Waals surface area (Å²) in [6.45, 7) is 3.22. The molecule has 0 aliphatic heterocycles. The second-order valence-electron chi connectivity index (χ2n) is 6.51. The highest BCUT2D eigenvalue weighted by Gasteiger charge is 2.02. The van der Waals surface area contributed by atoms with Crippen LogP contribution in [-0.4, -0.2) is 12.5 Å². The van der Waals surface area contributed by atoms with E-state index < -0.39 is 0 Å². The maximum atomic E-state index is 12.2. The van der Waals surface area contributed by atoms with Crippen molar-refractivity contribution >= 4 is 17.7 Å². The summed E-state index contributed by atoms with van der Waals surface area (Å²) in [5.41, 5.74) is 2.70. The van der Waals surface area contributed by atoms with E-state index in [9.17, 15) is 4.79 Å². The Kier molecular flexibility index (Phi) is 7.47. The van der Waals surface area contributed by atoms with Crippen LogP contribution in [0.15, 0.2) is 84.9 Å². The lowest BCUT2D eigenvalue weighted by Crippen LogP contribution is -2.07. The van der Waals surface area contributed by atoms with Gasteiger partial charge in [-0.25, -0.2) is 0 Å². The summed E-state index contributed by atoms with van der Waals surface area (Å²) in [5.74, 6) is 1.33. The van der Waals surface area contributed by atoms with Gasteiger partial charge in [0.2, 0.25) is 5.91 Å². The van der Waals surface area contributed by atoms with E-state index in [4.69, 9.17) is 9.47 Å². The van der Waals surface area contributed by atoms with Crippen molar-refractivity contribution in [2.24, 2.45) is 0 Å². The van der Waals surface area contributed by atoms with E-state index in [0.29, 0.717) is 18.9 Å². The number of nitrogens with one attached hydrogen (secondary N) is 1. The van der Waals surface area contributed by atoms with Gasteiger partial charge in [-0.3, -0.25) is 4.79 Å². The highest BCUT2D eigenvalue weighted by Crippen LogP contribution is 2.20. The van der Waals surface area contributed by atoms with Crippen LogP contribution in [0.3, 0.4) is 0 Å². The fourth-order valence-electron chi connectivity index (χ4n) is 2.69. The monoisotopic (exact) mass is 387 g/mol. The third-order valence-electron chi connectivity index (χ3n) is 4.17. The van der Waals surface area contributed by atoms with Gasteiger partial charge >= 0.3 is 0 Å². The van der Waals surface area contributed by atoms with E-state index in [-0.39, 0.29) is 5.91 Å². The lowest BCUT2D eigenvalue weighted by atomic mass is 10.2. The van der Waals surface area contributed by atoms with Crippen molar-refractivity contribution in [1.29, 1.82) is 0 Å². The molecule has 0 aromatic heterocycles. The number of anilines is 1. The first-order valence-electron chi connectivity index (χ1n) is 9.72. The molecule has 0 aliphatic rings. The number of benzene rings is 3. The van der Waals surface area contributed by atoms with Gasteiger partial charge < -0.3 is 14.8 Å². The van der Waals surface area contributed by atoms with Crippen LogP contribution >= 0.6 is 0 Å². The minimum atomic E-state index is -0.201. The van der Waals surface area contributed by atoms with Gasteiger partial charge in [0.05, 0.1) is 6.61 Å². The molecule has 148 valence electrons. The highest BCUT2D eigenvalue weighted by molar-refractivity contribution is 6.02. The summed E-state index contributed by atoms with van der Waals surface area (Å²) >= 11 is 0. The molecule has 3 rings (SSSR count). The number of carbonyl (C=O) groups is 1. The maximum Gasteiger partial charge on any atom is 0.248 e. The van der Waals surface area contributed by atoms with E-state index >= 15 is 0 Å². The Labute approximate surface area is 171 Å². The molecule has 0 atom stereocenters. The van der Waals surface area contributed by atoms with Gasteiger partial charge in [-0.05, 0) is 48.4 Å². The van der Waals surface area contributed by atoms with Crippen molar-refractivity contribution in [2.75, 3.05) is 11.9 Å². The molecule has 0 saturated heterocycles. The quantitative estimate of drug-likeness (QED) is 0.479. The Bertz CT molecular complexity index is 934. The van der Waals surface area contributed by atoms with Gasteiger partial charge in [-0.15, -0.1) is 0 Å². The molecule has 29 heavy (non-hydrogen) atoms. The third kappa shape index (κ3) is 6.54. The molecule has 0 spiro atoms. The summed E-state index contributed by atoms with van der Waals surface area (Å²) in [4.78, 5) is 12.2. The third-order valence-corrected chi connectivity index (χ3v) is 4.17. The summed E-state index contributed by atoms with van der Waals surface area (Å²) < 4.78 is 11.5. The Balaban J connectivity index is 1.53. The predicted octanol–water partition coefficient (Wildman–Crippen LogP) is 5.71. The van der Waals surface area contributed by atoms with E-state index in [2.05, 4.69) is 12.2 Å². The lowest BCUT2D eigenvalue weighted by molar-refractivity contribution is -0.111. The minimum Gasteiger partial charge on any atom is -0.493 e. The highest BCUT2D eigenvalue weighted by atomic mass is 16.5. The second kappa shape index (κ2) is 10.7. The molecule has 0 unspecified atom stereocenters. The molecule has 0 bridgehead atoms. The van der Waals surface area contributed by atoms with Crippen LogP contribution in [0.2, 0.25) is 0 Å². The van der Waals surface area contributed by atoms with Crippen LogP contribution in [0.4, 0.5) is 5.69 Å². The standard InChI is InChI=1S/C25H25NO3/c1-2-18-28-24-11-7-6-10-21(24)12-17-25(27)26-22-13-15-23(16-14-22)29-19-20-8-4-3-5-9-20/h3-17H,2,18-19H2,1H3,(H,26,27). The number of hydrogen-bond donors (Lipinski definition) is 1. The number of rotatable bonds is 9. The fourth-order valence-corrected chi connectivity index (χ4v) is 2.69. The first-order chi connectivity index (χ1) is 14.2. The van der Waals surface area contributed by atoms with E-state index in [1.54, 1.807) is 6.08 Å². The van der Waals surface area contributed by atoms with Gasteiger partial charge in [0.15, 0.2) is 0 Å². The summed E-state index contributed by atoms with van der Waals surface area (Å²) in [6.07, 6.45) is 4.20. The fraction of sp³-hybridized carbons (Fsp3) is 0.160. The van der Waals surface area contributed by atoms with Crippen LogP contribution in [0.1, 0.15) is 24.5 Å². The van der Waals surface area contributed by atoms with Crippen LogP contribution < -0.4 is 14.8 Å². The van der Waals surface area contributed by atoms with E-state index in [1.165, 1.54) is 6.08 Å². The molecule has 1 N–H and O–H groups in total. The summed E-state index contributed by atoms with van der Waals surface area (Å²) in [5, 5.41) is 2.85. The van der Waals surface area contributed by atoms with Crippen molar-refractivity contribution < 1.29 is 14.3 Å². The molecule has 0 aliphatic carbocycles. The summed E-state index contributed by atoms with van der Waals surface area (Å²) in [7, 11) is 0. The average Bonchev–Trinajstić information content (AvgIpc) is 2.77. The Morgan fingerprint density at radius 3 is 2.38 bits per heavy atom. The van der Waals surface area contributed by atoms with Crippen molar-refractivity contribution in [3.8, 4) is 11.5 Å². The first kappa shape index (κ1) is 20.2. The average molecular weight is 387 g/mol. The summed E-state index contributed by atoms with van der Waals surface area (Å²) in [6, 6.07) is 25.0. The predicted molar refractivity (Wildman–Crippen MR) is 117 cm³/mol. The molecule has 0 saturated carbocycles. The molecule has 0 fully saturated rings. The van der Waals surface area contributed by atoms with Crippen LogP contribution in [0, 0.1) is 0 Å². The maximum absolute atomic E-state index is 12.2. The Morgan fingerprint density at radius 1 is 0.897 bits per heavy atom. The number of amides is 1. The molecule has 0 heterocycles. The topological polar surface area (TPSA) is 47.6 Å². The van der Waals surface area contributed by atoms with Gasteiger partial charge in [-0.1, -0.05) is 55.5 Å². The zero-order valence-corrected chi connectivity index (χ0v) is 16.5. The van der Waals surface area contributed by atoms with Gasteiger partial charge in [-0.2, -0.15) is 0 Å².